The van der Waals surface area contributed by atoms with Crippen molar-refractivity contribution in [1.82, 2.24) is 5.32 Å². The Morgan fingerprint density at radius 3 is 2.48 bits per heavy atom. The quantitative estimate of drug-likeness (QED) is 0.623. The van der Waals surface area contributed by atoms with Crippen molar-refractivity contribution >= 4 is 32.4 Å². The van der Waals surface area contributed by atoms with Crippen LogP contribution in [0, 0.1) is 0 Å². The first-order chi connectivity index (χ1) is 14.8. The van der Waals surface area contributed by atoms with E-state index in [2.05, 4.69) is 5.32 Å². The molecule has 1 N–H and O–H groups in total. The van der Waals surface area contributed by atoms with Gasteiger partial charge in [0.2, 0.25) is 5.91 Å². The van der Waals surface area contributed by atoms with E-state index in [1.54, 1.807) is 18.2 Å². The maximum atomic E-state index is 13.7. The molecule has 3 aromatic carbocycles. The van der Waals surface area contributed by atoms with Crippen LogP contribution in [0.3, 0.4) is 0 Å². The predicted octanol–water partition coefficient (Wildman–Crippen LogP) is 4.83. The van der Waals surface area contributed by atoms with Gasteiger partial charge in [-0.1, -0.05) is 55.5 Å². The number of benzene rings is 3. The summed E-state index contributed by atoms with van der Waals surface area (Å²) in [5.74, 6) is -0.417. The molecule has 0 saturated heterocycles. The van der Waals surface area contributed by atoms with E-state index in [-0.39, 0.29) is 28.8 Å². The van der Waals surface area contributed by atoms with E-state index in [0.29, 0.717) is 12.1 Å². The van der Waals surface area contributed by atoms with E-state index in [0.717, 1.165) is 22.8 Å². The molecule has 0 bridgehead atoms. The van der Waals surface area contributed by atoms with Crippen LogP contribution in [-0.4, -0.2) is 26.4 Å². The predicted molar refractivity (Wildman–Crippen MR) is 125 cm³/mol. The molecule has 0 fully saturated rings. The number of fused-ring (bicyclic) bond motifs is 2. The zero-order chi connectivity index (χ0) is 22.2. The number of amides is 1. The summed E-state index contributed by atoms with van der Waals surface area (Å²) >= 11 is 0. The third-order valence-electron chi connectivity index (χ3n) is 6.12. The molecular weight excluding hydrogens is 408 g/mol. The van der Waals surface area contributed by atoms with Crippen molar-refractivity contribution in [3.63, 3.8) is 0 Å². The first-order valence-electron chi connectivity index (χ1n) is 10.8. The second-order valence-electron chi connectivity index (χ2n) is 8.32. The van der Waals surface area contributed by atoms with E-state index < -0.39 is 10.0 Å². The van der Waals surface area contributed by atoms with Crippen LogP contribution in [0.15, 0.2) is 71.6 Å². The van der Waals surface area contributed by atoms with Crippen LogP contribution in [0.2, 0.25) is 0 Å². The molecule has 0 unspecified atom stereocenters. The highest BCUT2D eigenvalue weighted by Gasteiger charge is 2.40. The van der Waals surface area contributed by atoms with Gasteiger partial charge in [-0.2, -0.15) is 0 Å². The lowest BCUT2D eigenvalue weighted by Crippen LogP contribution is -2.46. The van der Waals surface area contributed by atoms with Crippen molar-refractivity contribution < 1.29 is 13.2 Å². The van der Waals surface area contributed by atoms with Gasteiger partial charge in [0.1, 0.15) is 0 Å². The number of anilines is 1. The highest BCUT2D eigenvalue weighted by Crippen LogP contribution is 2.41. The maximum absolute atomic E-state index is 13.7. The Kier molecular flexibility index (Phi) is 5.75. The van der Waals surface area contributed by atoms with Crippen LogP contribution < -0.4 is 9.62 Å². The average molecular weight is 437 g/mol. The van der Waals surface area contributed by atoms with Gasteiger partial charge in [-0.05, 0) is 61.2 Å². The fourth-order valence-corrected chi connectivity index (χ4v) is 6.01. The Hall–Kier alpha value is -2.86. The molecule has 1 amide bonds. The third kappa shape index (κ3) is 3.92. The summed E-state index contributed by atoms with van der Waals surface area (Å²) < 4.78 is 28.9. The number of para-hydroxylation sites is 1. The number of carbonyl (C=O) groups is 1. The van der Waals surface area contributed by atoms with Gasteiger partial charge < -0.3 is 5.32 Å². The Morgan fingerprint density at radius 1 is 1.06 bits per heavy atom. The molecule has 162 valence electrons. The summed E-state index contributed by atoms with van der Waals surface area (Å²) in [6.45, 7) is 5.88. The van der Waals surface area contributed by atoms with Crippen LogP contribution in [0.1, 0.15) is 45.1 Å². The number of nitrogens with one attached hydrogen (secondary N) is 1. The molecule has 0 radical (unpaired) electrons. The van der Waals surface area contributed by atoms with E-state index >= 15 is 0 Å². The second-order valence-corrected chi connectivity index (χ2v) is 10.1. The Morgan fingerprint density at radius 2 is 1.74 bits per heavy atom. The number of carbonyl (C=O) groups excluding carboxylic acids is 1. The van der Waals surface area contributed by atoms with Gasteiger partial charge in [0.05, 0.1) is 16.5 Å². The third-order valence-corrected chi connectivity index (χ3v) is 8.05. The fourth-order valence-electron chi connectivity index (χ4n) is 4.29. The van der Waals surface area contributed by atoms with Crippen LogP contribution >= 0.6 is 0 Å². The normalized spacial score (nSPS) is 19.6. The summed E-state index contributed by atoms with van der Waals surface area (Å²) in [5.41, 5.74) is 1.34. The minimum Gasteiger partial charge on any atom is -0.353 e. The van der Waals surface area contributed by atoms with Crippen LogP contribution in [0.5, 0.6) is 0 Å². The smallest absolute Gasteiger partial charge is 0.264 e. The number of hydrogen-bond acceptors (Lipinski definition) is 3. The van der Waals surface area contributed by atoms with Crippen molar-refractivity contribution in [2.45, 2.75) is 56.5 Å². The van der Waals surface area contributed by atoms with E-state index in [1.807, 2.05) is 69.3 Å². The number of sulfonamides is 1. The topological polar surface area (TPSA) is 66.5 Å². The molecule has 4 rings (SSSR count). The lowest BCUT2D eigenvalue weighted by Gasteiger charge is -2.39. The SMILES string of the molecule is CC[C@H](C)NC(=O)[C@H]1C[C@H](C)N(S(=O)(=O)c2ccc3ccccc3c2)c2ccccc21. The highest BCUT2D eigenvalue weighted by atomic mass is 32.2. The van der Waals surface area contributed by atoms with Crippen molar-refractivity contribution in [3.8, 4) is 0 Å². The van der Waals surface area contributed by atoms with Gasteiger partial charge in [0.25, 0.3) is 10.0 Å². The van der Waals surface area contributed by atoms with Gasteiger partial charge in [-0.15, -0.1) is 0 Å². The Bertz CT molecular complexity index is 1220. The standard InChI is InChI=1S/C25H28N2O3S/c1-4-17(2)26-25(28)23-15-18(3)27(24-12-8-7-11-22(23)24)31(29,30)21-14-13-19-9-5-6-10-20(19)16-21/h5-14,16-18,23H,4,15H2,1-3H3,(H,26,28)/t17-,18-,23-/m0/s1. The molecule has 1 heterocycles. The van der Waals surface area contributed by atoms with Gasteiger partial charge in [0.15, 0.2) is 0 Å². The number of hydrogen-bond donors (Lipinski definition) is 1. The van der Waals surface area contributed by atoms with Crippen molar-refractivity contribution in [3.05, 3.63) is 72.3 Å². The van der Waals surface area contributed by atoms with E-state index in [1.165, 1.54) is 4.31 Å². The number of nitrogens with zero attached hydrogens (tertiary/aromatic N) is 1. The lowest BCUT2D eigenvalue weighted by molar-refractivity contribution is -0.123. The van der Waals surface area contributed by atoms with Gasteiger partial charge in [0, 0.05) is 12.1 Å². The van der Waals surface area contributed by atoms with Crippen LogP contribution in [0.4, 0.5) is 5.69 Å². The first-order valence-corrected chi connectivity index (χ1v) is 12.2. The molecule has 5 nitrogen and oxygen atoms in total. The summed E-state index contributed by atoms with van der Waals surface area (Å²) in [6, 6.07) is 20.0. The molecule has 31 heavy (non-hydrogen) atoms. The van der Waals surface area contributed by atoms with E-state index in [9.17, 15) is 13.2 Å². The Labute approximate surface area is 184 Å². The van der Waals surface area contributed by atoms with Gasteiger partial charge in [-0.3, -0.25) is 9.10 Å². The fraction of sp³-hybridized carbons (Fsp3) is 0.320. The minimum atomic E-state index is -3.79. The molecule has 0 saturated carbocycles. The monoisotopic (exact) mass is 436 g/mol. The molecule has 0 spiro atoms. The molecule has 3 atom stereocenters. The second kappa shape index (κ2) is 8.35. The molecule has 0 aliphatic carbocycles. The summed E-state index contributed by atoms with van der Waals surface area (Å²) in [7, 11) is -3.79. The average Bonchev–Trinajstić information content (AvgIpc) is 2.77. The summed E-state index contributed by atoms with van der Waals surface area (Å²) in [6.07, 6.45) is 1.28. The minimum absolute atomic E-state index is 0.0450. The number of rotatable bonds is 5. The zero-order valence-corrected chi connectivity index (χ0v) is 18.9. The largest absolute Gasteiger partial charge is 0.353 e. The first kappa shape index (κ1) is 21.4. The molecule has 1 aliphatic rings. The zero-order valence-electron chi connectivity index (χ0n) is 18.1. The summed E-state index contributed by atoms with van der Waals surface area (Å²) in [5, 5.41) is 4.94. The van der Waals surface area contributed by atoms with Crippen molar-refractivity contribution in [1.29, 1.82) is 0 Å². The van der Waals surface area contributed by atoms with Crippen molar-refractivity contribution in [2.75, 3.05) is 4.31 Å². The Balaban J connectivity index is 1.76. The summed E-state index contributed by atoms with van der Waals surface area (Å²) in [4.78, 5) is 13.2. The molecule has 3 aromatic rings. The maximum Gasteiger partial charge on any atom is 0.264 e. The van der Waals surface area contributed by atoms with E-state index in [4.69, 9.17) is 0 Å². The molecular formula is C25H28N2O3S. The van der Waals surface area contributed by atoms with Gasteiger partial charge >= 0.3 is 0 Å². The lowest BCUT2D eigenvalue weighted by atomic mass is 9.86. The molecule has 1 aliphatic heterocycles. The highest BCUT2D eigenvalue weighted by molar-refractivity contribution is 7.92. The van der Waals surface area contributed by atoms with Gasteiger partial charge in [-0.25, -0.2) is 8.42 Å². The van der Waals surface area contributed by atoms with Crippen molar-refractivity contribution in [2.24, 2.45) is 0 Å². The van der Waals surface area contributed by atoms with Crippen LogP contribution in [0.25, 0.3) is 10.8 Å². The van der Waals surface area contributed by atoms with Crippen LogP contribution in [-0.2, 0) is 14.8 Å². The molecule has 0 aromatic heterocycles. The molecule has 6 heteroatoms.